The standard InChI is InChI=1S/C16H22ClN3/c1-10(9-18)5-12-7-13(17)8-14-15(20(3)4)6-11(2)19-16(12)14/h6-8,10H,5,9,18H2,1-4H3. The molecule has 1 aromatic heterocycles. The Morgan fingerprint density at radius 2 is 2.00 bits per heavy atom. The molecule has 2 N–H and O–H groups in total. The van der Waals surface area contributed by atoms with E-state index in [1.807, 2.05) is 33.2 Å². The van der Waals surface area contributed by atoms with E-state index in [0.717, 1.165) is 33.7 Å². The number of pyridine rings is 1. The molecule has 108 valence electrons. The number of anilines is 1. The average molecular weight is 292 g/mol. The lowest BCUT2D eigenvalue weighted by Gasteiger charge is -2.19. The fourth-order valence-electron chi connectivity index (χ4n) is 2.45. The van der Waals surface area contributed by atoms with Crippen molar-refractivity contribution in [3.05, 3.63) is 34.5 Å². The van der Waals surface area contributed by atoms with Crippen molar-refractivity contribution < 1.29 is 0 Å². The molecule has 0 fully saturated rings. The van der Waals surface area contributed by atoms with Gasteiger partial charge in [-0.15, -0.1) is 0 Å². The van der Waals surface area contributed by atoms with Gasteiger partial charge in [-0.2, -0.15) is 0 Å². The lowest BCUT2D eigenvalue weighted by atomic mass is 9.98. The predicted molar refractivity (Wildman–Crippen MR) is 87.7 cm³/mol. The van der Waals surface area contributed by atoms with Gasteiger partial charge in [0.05, 0.1) is 5.52 Å². The smallest absolute Gasteiger partial charge is 0.0759 e. The van der Waals surface area contributed by atoms with Crippen LogP contribution >= 0.6 is 11.6 Å². The molecule has 1 unspecified atom stereocenters. The topological polar surface area (TPSA) is 42.1 Å². The second-order valence-corrected chi connectivity index (χ2v) is 6.12. The number of aryl methyl sites for hydroxylation is 1. The maximum atomic E-state index is 6.29. The number of nitrogens with two attached hydrogens (primary N) is 1. The lowest BCUT2D eigenvalue weighted by molar-refractivity contribution is 0.594. The summed E-state index contributed by atoms with van der Waals surface area (Å²) in [6.45, 7) is 4.84. The monoisotopic (exact) mass is 291 g/mol. The summed E-state index contributed by atoms with van der Waals surface area (Å²) in [7, 11) is 4.08. The quantitative estimate of drug-likeness (QED) is 0.939. The van der Waals surface area contributed by atoms with E-state index in [1.165, 1.54) is 5.56 Å². The number of rotatable bonds is 4. The van der Waals surface area contributed by atoms with E-state index in [-0.39, 0.29) is 0 Å². The Bertz CT molecular complexity index is 623. The molecule has 2 rings (SSSR count). The Morgan fingerprint density at radius 3 is 2.60 bits per heavy atom. The number of aromatic nitrogens is 1. The largest absolute Gasteiger partial charge is 0.377 e. The summed E-state index contributed by atoms with van der Waals surface area (Å²) in [5.74, 6) is 0.418. The van der Waals surface area contributed by atoms with Gasteiger partial charge in [-0.3, -0.25) is 4.98 Å². The average Bonchev–Trinajstić information content (AvgIpc) is 2.38. The first kappa shape index (κ1) is 15.1. The van der Waals surface area contributed by atoms with Crippen molar-refractivity contribution in [3.63, 3.8) is 0 Å². The second kappa shape index (κ2) is 5.98. The highest BCUT2D eigenvalue weighted by Gasteiger charge is 2.13. The van der Waals surface area contributed by atoms with Crippen LogP contribution in [0, 0.1) is 12.8 Å². The molecule has 0 bridgehead atoms. The predicted octanol–water partition coefficient (Wildman–Crippen LogP) is 3.40. The number of benzene rings is 1. The number of halogens is 1. The molecule has 0 aliphatic rings. The lowest BCUT2D eigenvalue weighted by Crippen LogP contribution is -2.14. The van der Waals surface area contributed by atoms with Crippen molar-refractivity contribution in [3.8, 4) is 0 Å². The van der Waals surface area contributed by atoms with Gasteiger partial charge in [0.1, 0.15) is 0 Å². The minimum absolute atomic E-state index is 0.418. The van der Waals surface area contributed by atoms with Gasteiger partial charge in [0.2, 0.25) is 0 Å². The SMILES string of the molecule is Cc1cc(N(C)C)c2cc(Cl)cc(CC(C)CN)c2n1. The van der Waals surface area contributed by atoms with Crippen molar-refractivity contribution in [1.82, 2.24) is 4.98 Å². The highest BCUT2D eigenvalue weighted by atomic mass is 35.5. The van der Waals surface area contributed by atoms with Crippen LogP contribution in [0.4, 0.5) is 5.69 Å². The third-order valence-corrected chi connectivity index (χ3v) is 3.73. The maximum Gasteiger partial charge on any atom is 0.0759 e. The van der Waals surface area contributed by atoms with Gasteiger partial charge in [-0.1, -0.05) is 18.5 Å². The van der Waals surface area contributed by atoms with Crippen molar-refractivity contribution >= 4 is 28.2 Å². The molecule has 0 saturated heterocycles. The van der Waals surface area contributed by atoms with Crippen molar-refractivity contribution in [2.24, 2.45) is 11.7 Å². The Labute approximate surface area is 125 Å². The van der Waals surface area contributed by atoms with Gasteiger partial charge in [-0.25, -0.2) is 0 Å². The van der Waals surface area contributed by atoms with Crippen molar-refractivity contribution in [1.29, 1.82) is 0 Å². The molecule has 3 nitrogen and oxygen atoms in total. The Balaban J connectivity index is 2.69. The summed E-state index contributed by atoms with van der Waals surface area (Å²) in [6.07, 6.45) is 0.900. The van der Waals surface area contributed by atoms with E-state index in [2.05, 4.69) is 17.9 Å². The zero-order valence-corrected chi connectivity index (χ0v) is 13.3. The van der Waals surface area contributed by atoms with Crippen LogP contribution in [-0.2, 0) is 6.42 Å². The molecule has 0 saturated carbocycles. The highest BCUT2D eigenvalue weighted by molar-refractivity contribution is 6.31. The first-order valence-electron chi connectivity index (χ1n) is 6.89. The molecular weight excluding hydrogens is 270 g/mol. The second-order valence-electron chi connectivity index (χ2n) is 5.68. The number of hydrogen-bond donors (Lipinski definition) is 1. The van der Waals surface area contributed by atoms with Crippen LogP contribution in [0.25, 0.3) is 10.9 Å². The molecule has 2 aromatic rings. The number of nitrogens with zero attached hydrogens (tertiary/aromatic N) is 2. The maximum absolute atomic E-state index is 6.29. The normalized spacial score (nSPS) is 12.7. The summed E-state index contributed by atoms with van der Waals surface area (Å²) < 4.78 is 0. The molecule has 0 amide bonds. The van der Waals surface area contributed by atoms with Gasteiger partial charge in [0.15, 0.2) is 0 Å². The number of fused-ring (bicyclic) bond motifs is 1. The third-order valence-electron chi connectivity index (χ3n) is 3.52. The highest BCUT2D eigenvalue weighted by Crippen LogP contribution is 2.31. The van der Waals surface area contributed by atoms with Crippen LogP contribution in [0.1, 0.15) is 18.2 Å². The van der Waals surface area contributed by atoms with Gasteiger partial charge in [-0.05, 0) is 49.6 Å². The Morgan fingerprint density at radius 1 is 1.30 bits per heavy atom. The molecule has 20 heavy (non-hydrogen) atoms. The molecule has 0 aliphatic carbocycles. The summed E-state index contributed by atoms with van der Waals surface area (Å²) in [4.78, 5) is 6.82. The van der Waals surface area contributed by atoms with Crippen molar-refractivity contribution in [2.45, 2.75) is 20.3 Å². The molecule has 0 aliphatic heterocycles. The van der Waals surface area contributed by atoms with Crippen LogP contribution in [0.15, 0.2) is 18.2 Å². The van der Waals surface area contributed by atoms with E-state index in [9.17, 15) is 0 Å². The zero-order valence-electron chi connectivity index (χ0n) is 12.6. The Hall–Kier alpha value is -1.32. The summed E-state index contributed by atoms with van der Waals surface area (Å²) >= 11 is 6.29. The van der Waals surface area contributed by atoms with E-state index >= 15 is 0 Å². The first-order valence-corrected chi connectivity index (χ1v) is 7.27. The molecule has 4 heteroatoms. The van der Waals surface area contributed by atoms with E-state index in [0.29, 0.717) is 12.5 Å². The molecule has 1 heterocycles. The molecule has 1 atom stereocenters. The summed E-state index contributed by atoms with van der Waals surface area (Å²) in [6, 6.07) is 6.10. The van der Waals surface area contributed by atoms with Crippen LogP contribution in [0.3, 0.4) is 0 Å². The Kier molecular flexibility index (Phi) is 4.51. The summed E-state index contributed by atoms with van der Waals surface area (Å²) in [5.41, 5.74) is 10.1. The van der Waals surface area contributed by atoms with Crippen LogP contribution in [0.5, 0.6) is 0 Å². The van der Waals surface area contributed by atoms with Crippen LogP contribution < -0.4 is 10.6 Å². The van der Waals surface area contributed by atoms with E-state index in [1.54, 1.807) is 0 Å². The third kappa shape index (κ3) is 3.05. The zero-order chi connectivity index (χ0) is 14.9. The molecule has 0 spiro atoms. The minimum Gasteiger partial charge on any atom is -0.377 e. The molecule has 0 radical (unpaired) electrons. The van der Waals surface area contributed by atoms with E-state index < -0.39 is 0 Å². The van der Waals surface area contributed by atoms with Gasteiger partial charge < -0.3 is 10.6 Å². The van der Waals surface area contributed by atoms with Gasteiger partial charge in [0.25, 0.3) is 0 Å². The van der Waals surface area contributed by atoms with E-state index in [4.69, 9.17) is 22.3 Å². The van der Waals surface area contributed by atoms with Crippen LogP contribution in [-0.4, -0.2) is 25.6 Å². The van der Waals surface area contributed by atoms with Crippen molar-refractivity contribution in [2.75, 3.05) is 25.5 Å². The van der Waals surface area contributed by atoms with Gasteiger partial charge >= 0.3 is 0 Å². The fourth-order valence-corrected chi connectivity index (χ4v) is 2.69. The number of hydrogen-bond acceptors (Lipinski definition) is 3. The first-order chi connectivity index (χ1) is 9.42. The fraction of sp³-hybridized carbons (Fsp3) is 0.438. The minimum atomic E-state index is 0.418. The molecule has 1 aromatic carbocycles. The summed E-state index contributed by atoms with van der Waals surface area (Å²) in [5, 5.41) is 1.86. The van der Waals surface area contributed by atoms with Gasteiger partial charge in [0, 0.05) is 35.9 Å². The van der Waals surface area contributed by atoms with Crippen LogP contribution in [0.2, 0.25) is 5.02 Å². The molecular formula is C16H22ClN3.